The van der Waals surface area contributed by atoms with Crippen molar-refractivity contribution in [2.24, 2.45) is 0 Å². The van der Waals surface area contributed by atoms with Crippen LogP contribution in [0.4, 0.5) is 5.82 Å². The molecule has 0 spiro atoms. The summed E-state index contributed by atoms with van der Waals surface area (Å²) >= 11 is 0. The van der Waals surface area contributed by atoms with Crippen LogP contribution in [0, 0.1) is 0 Å². The van der Waals surface area contributed by atoms with Crippen molar-refractivity contribution in [1.29, 1.82) is 0 Å². The van der Waals surface area contributed by atoms with Gasteiger partial charge in [0.05, 0.1) is 29.2 Å². The van der Waals surface area contributed by atoms with Crippen molar-refractivity contribution >= 4 is 32.5 Å². The standard InChI is InChI=1S/C27H31N3O6S/c1-36-22-3-5-23(6-4-22)37(34,35)25-17-19-16-18(27(32)33)2-7-24(19)28-26(25)30-12-8-20(9-13-30)29-14-10-21(31)11-15-29/h2-7,16-17,20-21,31H,8-15H2,1H3,(H,32,33). The number of aromatic nitrogens is 1. The van der Waals surface area contributed by atoms with Crippen molar-refractivity contribution in [3.63, 3.8) is 0 Å². The molecular weight excluding hydrogens is 494 g/mol. The Balaban J connectivity index is 1.51. The lowest BCUT2D eigenvalue weighted by atomic mass is 9.99. The third kappa shape index (κ3) is 5.14. The maximum atomic E-state index is 13.8. The number of carboxylic acid groups (broad SMARTS) is 1. The van der Waals surface area contributed by atoms with E-state index in [0.29, 0.717) is 41.6 Å². The highest BCUT2D eigenvalue weighted by molar-refractivity contribution is 7.91. The van der Waals surface area contributed by atoms with E-state index in [2.05, 4.69) is 4.90 Å². The number of carboxylic acids is 1. The lowest BCUT2D eigenvalue weighted by molar-refractivity contribution is 0.0541. The van der Waals surface area contributed by atoms with Crippen molar-refractivity contribution in [3.8, 4) is 5.75 Å². The first-order valence-electron chi connectivity index (χ1n) is 12.5. The van der Waals surface area contributed by atoms with E-state index < -0.39 is 15.8 Å². The molecule has 2 saturated heterocycles. The molecule has 2 fully saturated rings. The number of anilines is 1. The molecule has 2 aliphatic rings. The molecule has 0 unspecified atom stereocenters. The van der Waals surface area contributed by atoms with Gasteiger partial charge in [0.15, 0.2) is 0 Å². The zero-order chi connectivity index (χ0) is 26.2. The number of hydrogen-bond acceptors (Lipinski definition) is 8. The van der Waals surface area contributed by atoms with Crippen molar-refractivity contribution in [2.45, 2.75) is 47.6 Å². The van der Waals surface area contributed by atoms with Gasteiger partial charge in [0.25, 0.3) is 0 Å². The summed E-state index contributed by atoms with van der Waals surface area (Å²) in [5, 5.41) is 19.7. The average Bonchev–Trinajstić information content (AvgIpc) is 2.92. The average molecular weight is 526 g/mol. The van der Waals surface area contributed by atoms with E-state index in [1.54, 1.807) is 24.3 Å². The van der Waals surface area contributed by atoms with Crippen LogP contribution in [0.5, 0.6) is 5.75 Å². The second-order valence-corrected chi connectivity index (χ2v) is 11.6. The number of aliphatic hydroxyl groups is 1. The highest BCUT2D eigenvalue weighted by Gasteiger charge is 2.32. The van der Waals surface area contributed by atoms with Crippen LogP contribution in [0.2, 0.25) is 0 Å². The summed E-state index contributed by atoms with van der Waals surface area (Å²) in [7, 11) is -2.44. The first kappa shape index (κ1) is 25.4. The number of fused-ring (bicyclic) bond motifs is 1. The van der Waals surface area contributed by atoms with Crippen LogP contribution in [-0.2, 0) is 9.84 Å². The normalized spacial score (nSPS) is 18.3. The number of pyridine rings is 1. The first-order chi connectivity index (χ1) is 17.8. The number of sulfone groups is 1. The number of piperidine rings is 2. The van der Waals surface area contributed by atoms with E-state index in [-0.39, 0.29) is 21.5 Å². The molecule has 10 heteroatoms. The molecule has 0 amide bonds. The molecule has 2 N–H and O–H groups in total. The number of carbonyl (C=O) groups is 1. The van der Waals surface area contributed by atoms with Gasteiger partial charge in [-0.1, -0.05) is 0 Å². The van der Waals surface area contributed by atoms with Gasteiger partial charge in [-0.2, -0.15) is 0 Å². The second kappa shape index (κ2) is 10.3. The summed E-state index contributed by atoms with van der Waals surface area (Å²) in [6.45, 7) is 3.06. The minimum Gasteiger partial charge on any atom is -0.497 e. The van der Waals surface area contributed by atoms with Crippen LogP contribution < -0.4 is 9.64 Å². The Morgan fingerprint density at radius 3 is 2.27 bits per heavy atom. The second-order valence-electron chi connectivity index (χ2n) is 9.69. The van der Waals surface area contributed by atoms with Crippen LogP contribution in [0.25, 0.3) is 10.9 Å². The monoisotopic (exact) mass is 525 g/mol. The summed E-state index contributed by atoms with van der Waals surface area (Å²) in [5.41, 5.74) is 0.614. The molecule has 2 aliphatic heterocycles. The summed E-state index contributed by atoms with van der Waals surface area (Å²) in [5.74, 6) is -0.147. The fourth-order valence-electron chi connectivity index (χ4n) is 5.28. The van der Waals surface area contributed by atoms with Crippen molar-refractivity contribution < 1.29 is 28.2 Å². The minimum atomic E-state index is -3.95. The third-order valence-electron chi connectivity index (χ3n) is 7.45. The van der Waals surface area contributed by atoms with E-state index >= 15 is 0 Å². The maximum Gasteiger partial charge on any atom is 0.335 e. The van der Waals surface area contributed by atoms with Crippen LogP contribution in [0.1, 0.15) is 36.0 Å². The number of ether oxygens (including phenoxy) is 1. The zero-order valence-corrected chi connectivity index (χ0v) is 21.5. The van der Waals surface area contributed by atoms with Gasteiger partial charge < -0.3 is 24.7 Å². The van der Waals surface area contributed by atoms with Gasteiger partial charge >= 0.3 is 5.97 Å². The van der Waals surface area contributed by atoms with Gasteiger partial charge in [-0.05, 0) is 74.2 Å². The fourth-order valence-corrected chi connectivity index (χ4v) is 6.73. The minimum absolute atomic E-state index is 0.0623. The predicted molar refractivity (Wildman–Crippen MR) is 139 cm³/mol. The maximum absolute atomic E-state index is 13.8. The predicted octanol–water partition coefficient (Wildman–Crippen LogP) is 3.20. The lowest BCUT2D eigenvalue weighted by Gasteiger charge is -2.41. The highest BCUT2D eigenvalue weighted by Crippen LogP contribution is 2.35. The number of aromatic carboxylic acids is 1. The number of likely N-dealkylation sites (tertiary alicyclic amines) is 1. The van der Waals surface area contributed by atoms with Gasteiger partial charge in [-0.15, -0.1) is 0 Å². The largest absolute Gasteiger partial charge is 0.497 e. The molecule has 3 heterocycles. The first-order valence-corrected chi connectivity index (χ1v) is 14.0. The molecule has 0 saturated carbocycles. The molecule has 1 aromatic heterocycles. The Kier molecular flexibility index (Phi) is 7.06. The smallest absolute Gasteiger partial charge is 0.335 e. The van der Waals surface area contributed by atoms with Crippen LogP contribution in [-0.4, -0.2) is 79.9 Å². The SMILES string of the molecule is COc1ccc(S(=O)(=O)c2cc3cc(C(=O)O)ccc3nc2N2CCC(N3CCC(O)CC3)CC2)cc1. The van der Waals surface area contributed by atoms with Gasteiger partial charge in [-0.25, -0.2) is 18.2 Å². The molecule has 3 aromatic rings. The summed E-state index contributed by atoms with van der Waals surface area (Å²) in [4.78, 5) is 20.9. The molecule has 0 atom stereocenters. The van der Waals surface area contributed by atoms with E-state index in [1.807, 2.05) is 4.90 Å². The van der Waals surface area contributed by atoms with Crippen molar-refractivity contribution in [2.75, 3.05) is 38.2 Å². The van der Waals surface area contributed by atoms with Crippen LogP contribution in [0.15, 0.2) is 58.3 Å². The number of aliphatic hydroxyl groups excluding tert-OH is 1. The fraction of sp³-hybridized carbons (Fsp3) is 0.407. The Labute approximate surface area is 216 Å². The van der Waals surface area contributed by atoms with Gasteiger partial charge in [0.2, 0.25) is 9.84 Å². The quantitative estimate of drug-likeness (QED) is 0.500. The lowest BCUT2D eigenvalue weighted by Crippen LogP contribution is -2.48. The van der Waals surface area contributed by atoms with E-state index in [4.69, 9.17) is 9.72 Å². The van der Waals surface area contributed by atoms with Crippen molar-refractivity contribution in [3.05, 3.63) is 54.1 Å². The zero-order valence-electron chi connectivity index (χ0n) is 20.7. The Morgan fingerprint density at radius 2 is 1.65 bits per heavy atom. The topological polar surface area (TPSA) is 120 Å². The molecule has 0 bridgehead atoms. The molecule has 0 aliphatic carbocycles. The Hall–Kier alpha value is -3.21. The molecular formula is C27H31N3O6S. The summed E-state index contributed by atoms with van der Waals surface area (Å²) in [6, 6.07) is 12.7. The molecule has 196 valence electrons. The van der Waals surface area contributed by atoms with E-state index in [0.717, 1.165) is 38.8 Å². The number of benzene rings is 2. The van der Waals surface area contributed by atoms with Gasteiger partial charge in [-0.3, -0.25) is 0 Å². The Morgan fingerprint density at radius 1 is 0.973 bits per heavy atom. The van der Waals surface area contributed by atoms with Gasteiger partial charge in [0.1, 0.15) is 16.5 Å². The molecule has 37 heavy (non-hydrogen) atoms. The molecule has 0 radical (unpaired) electrons. The van der Waals surface area contributed by atoms with E-state index in [1.165, 1.54) is 31.4 Å². The molecule has 5 rings (SSSR count). The van der Waals surface area contributed by atoms with Gasteiger partial charge in [0, 0.05) is 37.6 Å². The summed E-state index contributed by atoms with van der Waals surface area (Å²) in [6.07, 6.45) is 3.10. The number of hydrogen-bond donors (Lipinski definition) is 2. The number of methoxy groups -OCH3 is 1. The number of nitrogens with zero attached hydrogens (tertiary/aromatic N) is 3. The molecule has 9 nitrogen and oxygen atoms in total. The van der Waals surface area contributed by atoms with E-state index in [9.17, 15) is 23.4 Å². The van der Waals surface area contributed by atoms with Crippen LogP contribution in [0.3, 0.4) is 0 Å². The highest BCUT2D eigenvalue weighted by atomic mass is 32.2. The van der Waals surface area contributed by atoms with Crippen molar-refractivity contribution in [1.82, 2.24) is 9.88 Å². The number of rotatable bonds is 6. The van der Waals surface area contributed by atoms with Crippen LogP contribution >= 0.6 is 0 Å². The Bertz CT molecular complexity index is 1390. The molecule has 2 aromatic carbocycles. The third-order valence-corrected chi connectivity index (χ3v) is 9.22. The summed E-state index contributed by atoms with van der Waals surface area (Å²) < 4.78 is 32.9.